The number of carbonyl (C=O) groups excluding carboxylic acids is 1. The number of rotatable bonds is 4. The molecule has 0 unspecified atom stereocenters. The predicted octanol–water partition coefficient (Wildman–Crippen LogP) is 3.54. The Morgan fingerprint density at radius 3 is 2.40 bits per heavy atom. The second-order valence-corrected chi connectivity index (χ2v) is 5.75. The molecule has 1 heterocycles. The van der Waals surface area contributed by atoms with E-state index in [2.05, 4.69) is 5.10 Å². The molecule has 1 aliphatic rings. The van der Waals surface area contributed by atoms with Crippen molar-refractivity contribution in [3.63, 3.8) is 0 Å². The number of hydrazone groups is 1. The van der Waals surface area contributed by atoms with Crippen LogP contribution in [0.25, 0.3) is 0 Å². The lowest BCUT2D eigenvalue weighted by Crippen LogP contribution is -2.24. The van der Waals surface area contributed by atoms with Crippen LogP contribution in [-0.2, 0) is 4.79 Å². The van der Waals surface area contributed by atoms with Gasteiger partial charge in [-0.1, -0.05) is 12.1 Å². The van der Waals surface area contributed by atoms with E-state index in [0.29, 0.717) is 17.9 Å². The van der Waals surface area contributed by atoms with Gasteiger partial charge in [0.15, 0.2) is 11.5 Å². The highest BCUT2D eigenvalue weighted by Crippen LogP contribution is 2.35. The molecule has 0 fully saturated rings. The van der Waals surface area contributed by atoms with Crippen LogP contribution in [0, 0.1) is 5.82 Å². The van der Waals surface area contributed by atoms with E-state index in [1.165, 1.54) is 24.1 Å². The Balaban J connectivity index is 1.94. The third-order valence-electron chi connectivity index (χ3n) is 4.20. The summed E-state index contributed by atoms with van der Waals surface area (Å²) in [5.41, 5.74) is 2.47. The molecule has 0 bridgehead atoms. The maximum atomic E-state index is 13.2. The lowest BCUT2D eigenvalue weighted by atomic mass is 9.98. The van der Waals surface area contributed by atoms with E-state index >= 15 is 0 Å². The number of amides is 1. The van der Waals surface area contributed by atoms with Crippen LogP contribution in [0.1, 0.15) is 30.5 Å². The lowest BCUT2D eigenvalue weighted by Gasteiger charge is -2.20. The second kappa shape index (κ2) is 6.93. The Bertz CT molecular complexity index is 818. The number of halogens is 1. The first kappa shape index (κ1) is 17.0. The Hall–Kier alpha value is -2.89. The minimum atomic E-state index is -0.308. The maximum Gasteiger partial charge on any atom is 0.240 e. The minimum Gasteiger partial charge on any atom is -0.493 e. The summed E-state index contributed by atoms with van der Waals surface area (Å²) in [6, 6.07) is 11.4. The number of carbonyl (C=O) groups is 1. The summed E-state index contributed by atoms with van der Waals surface area (Å²) in [6.45, 7) is 1.47. The number of hydrogen-bond acceptors (Lipinski definition) is 4. The SMILES string of the molecule is COc1ccc(C2=NN(C(C)=O)[C@H](c3ccc(F)cc3)C2)cc1OC. The standard InChI is InChI=1S/C19H19FN2O3/c1-12(23)22-17(13-4-7-15(20)8-5-13)11-16(21-22)14-6-9-18(24-2)19(10-14)25-3/h4-10,17H,11H2,1-3H3/t17-/m0/s1. The summed E-state index contributed by atoms with van der Waals surface area (Å²) < 4.78 is 23.8. The number of benzene rings is 2. The molecule has 6 heteroatoms. The van der Waals surface area contributed by atoms with E-state index in [9.17, 15) is 9.18 Å². The third kappa shape index (κ3) is 3.33. The molecule has 0 saturated heterocycles. The molecule has 2 aromatic rings. The number of ether oxygens (including phenoxy) is 2. The van der Waals surface area contributed by atoms with Gasteiger partial charge >= 0.3 is 0 Å². The van der Waals surface area contributed by atoms with Crippen LogP contribution >= 0.6 is 0 Å². The van der Waals surface area contributed by atoms with E-state index in [0.717, 1.165) is 16.8 Å². The van der Waals surface area contributed by atoms with E-state index < -0.39 is 0 Å². The number of nitrogens with zero attached hydrogens (tertiary/aromatic N) is 2. The van der Waals surface area contributed by atoms with Crippen molar-refractivity contribution in [2.75, 3.05) is 14.2 Å². The van der Waals surface area contributed by atoms with Crippen molar-refractivity contribution in [2.45, 2.75) is 19.4 Å². The molecule has 25 heavy (non-hydrogen) atoms. The van der Waals surface area contributed by atoms with Crippen molar-refractivity contribution < 1.29 is 18.7 Å². The number of methoxy groups -OCH3 is 2. The fourth-order valence-electron chi connectivity index (χ4n) is 2.94. The third-order valence-corrected chi connectivity index (χ3v) is 4.20. The van der Waals surface area contributed by atoms with Crippen molar-refractivity contribution >= 4 is 11.6 Å². The van der Waals surface area contributed by atoms with E-state index in [4.69, 9.17) is 9.47 Å². The Morgan fingerprint density at radius 2 is 1.80 bits per heavy atom. The molecule has 0 aliphatic carbocycles. The van der Waals surface area contributed by atoms with Crippen LogP contribution in [0.3, 0.4) is 0 Å². The normalized spacial score (nSPS) is 16.6. The average molecular weight is 342 g/mol. The van der Waals surface area contributed by atoms with Gasteiger partial charge in [-0.2, -0.15) is 5.10 Å². The molecule has 0 saturated carbocycles. The summed E-state index contributed by atoms with van der Waals surface area (Å²) >= 11 is 0. The Kier molecular flexibility index (Phi) is 4.70. The minimum absolute atomic E-state index is 0.162. The largest absolute Gasteiger partial charge is 0.493 e. The smallest absolute Gasteiger partial charge is 0.240 e. The van der Waals surface area contributed by atoms with Gasteiger partial charge in [-0.3, -0.25) is 4.79 Å². The lowest BCUT2D eigenvalue weighted by molar-refractivity contribution is -0.130. The first-order valence-electron chi connectivity index (χ1n) is 7.88. The molecule has 1 aliphatic heterocycles. The molecule has 0 aromatic heterocycles. The van der Waals surface area contributed by atoms with Crippen LogP contribution < -0.4 is 9.47 Å². The van der Waals surface area contributed by atoms with Gasteiger partial charge in [-0.25, -0.2) is 9.40 Å². The molecule has 0 radical (unpaired) electrons. The molecule has 0 N–H and O–H groups in total. The fraction of sp³-hybridized carbons (Fsp3) is 0.263. The summed E-state index contributed by atoms with van der Waals surface area (Å²) in [6.07, 6.45) is 0.542. The highest BCUT2D eigenvalue weighted by Gasteiger charge is 2.31. The van der Waals surface area contributed by atoms with Gasteiger partial charge in [0.1, 0.15) is 5.82 Å². The molecule has 3 rings (SSSR count). The fourth-order valence-corrected chi connectivity index (χ4v) is 2.94. The number of hydrogen-bond donors (Lipinski definition) is 0. The zero-order valence-corrected chi connectivity index (χ0v) is 14.3. The van der Waals surface area contributed by atoms with Crippen LogP contribution in [0.15, 0.2) is 47.6 Å². The van der Waals surface area contributed by atoms with Crippen LogP contribution in [0.5, 0.6) is 11.5 Å². The van der Waals surface area contributed by atoms with Crippen LogP contribution in [-0.4, -0.2) is 30.8 Å². The monoisotopic (exact) mass is 342 g/mol. The molecule has 130 valence electrons. The molecule has 0 spiro atoms. The quantitative estimate of drug-likeness (QED) is 0.854. The van der Waals surface area contributed by atoms with E-state index in [1.807, 2.05) is 12.1 Å². The van der Waals surface area contributed by atoms with Crippen molar-refractivity contribution in [1.82, 2.24) is 5.01 Å². The molecule has 5 nitrogen and oxygen atoms in total. The van der Waals surface area contributed by atoms with Gasteiger partial charge in [0.2, 0.25) is 5.91 Å². The van der Waals surface area contributed by atoms with Gasteiger partial charge < -0.3 is 9.47 Å². The zero-order valence-electron chi connectivity index (χ0n) is 14.3. The Morgan fingerprint density at radius 1 is 1.12 bits per heavy atom. The van der Waals surface area contributed by atoms with Gasteiger partial charge in [0.05, 0.1) is 26.0 Å². The molecule has 1 atom stereocenters. The summed E-state index contributed by atoms with van der Waals surface area (Å²) in [5.74, 6) is 0.757. The Labute approximate surface area is 145 Å². The van der Waals surface area contributed by atoms with Crippen LogP contribution in [0.2, 0.25) is 0 Å². The average Bonchev–Trinajstić information content (AvgIpc) is 3.07. The van der Waals surface area contributed by atoms with Crippen LogP contribution in [0.4, 0.5) is 4.39 Å². The van der Waals surface area contributed by atoms with Crippen molar-refractivity contribution in [3.8, 4) is 11.5 Å². The molecule has 2 aromatic carbocycles. The van der Waals surface area contributed by atoms with Crippen molar-refractivity contribution in [2.24, 2.45) is 5.10 Å². The maximum absolute atomic E-state index is 13.2. The molecule has 1 amide bonds. The van der Waals surface area contributed by atoms with E-state index in [-0.39, 0.29) is 17.8 Å². The van der Waals surface area contributed by atoms with Gasteiger partial charge in [0.25, 0.3) is 0 Å². The molecular weight excluding hydrogens is 323 g/mol. The van der Waals surface area contributed by atoms with Gasteiger partial charge in [-0.15, -0.1) is 0 Å². The first-order valence-corrected chi connectivity index (χ1v) is 7.88. The summed E-state index contributed by atoms with van der Waals surface area (Å²) in [4.78, 5) is 12.0. The van der Waals surface area contributed by atoms with Crippen molar-refractivity contribution in [3.05, 3.63) is 59.4 Å². The highest BCUT2D eigenvalue weighted by molar-refractivity contribution is 6.03. The second-order valence-electron chi connectivity index (χ2n) is 5.75. The van der Waals surface area contributed by atoms with Gasteiger partial charge in [0, 0.05) is 18.9 Å². The predicted molar refractivity (Wildman–Crippen MR) is 92.4 cm³/mol. The van der Waals surface area contributed by atoms with E-state index in [1.54, 1.807) is 32.4 Å². The summed E-state index contributed by atoms with van der Waals surface area (Å²) in [7, 11) is 3.15. The first-order chi connectivity index (χ1) is 12.0. The summed E-state index contributed by atoms with van der Waals surface area (Å²) in [5, 5.41) is 5.92. The molecular formula is C19H19FN2O3. The topological polar surface area (TPSA) is 51.1 Å². The van der Waals surface area contributed by atoms with Crippen molar-refractivity contribution in [1.29, 1.82) is 0 Å². The zero-order chi connectivity index (χ0) is 18.0. The highest BCUT2D eigenvalue weighted by atomic mass is 19.1. The van der Waals surface area contributed by atoms with Gasteiger partial charge in [-0.05, 0) is 35.9 Å².